The monoisotopic (exact) mass is 244 g/mol. The minimum atomic E-state index is 0.958. The van der Waals surface area contributed by atoms with Gasteiger partial charge in [0.2, 0.25) is 0 Å². The van der Waals surface area contributed by atoms with E-state index in [0.717, 1.165) is 35.3 Å². The first-order valence-electron chi connectivity index (χ1n) is 6.92. The number of aryl methyl sites for hydroxylation is 3. The van der Waals surface area contributed by atoms with E-state index >= 15 is 0 Å². The first-order chi connectivity index (χ1) is 8.65. The summed E-state index contributed by atoms with van der Waals surface area (Å²) in [7, 11) is 0. The molecule has 2 nitrogen and oxygen atoms in total. The van der Waals surface area contributed by atoms with Gasteiger partial charge in [-0.2, -0.15) is 0 Å². The van der Waals surface area contributed by atoms with Gasteiger partial charge < -0.3 is 0 Å². The van der Waals surface area contributed by atoms with E-state index in [0.29, 0.717) is 0 Å². The first-order valence-corrected chi connectivity index (χ1v) is 6.92. The Labute approximate surface area is 110 Å². The van der Waals surface area contributed by atoms with Crippen LogP contribution in [0.15, 0.2) is 18.2 Å². The van der Waals surface area contributed by atoms with Gasteiger partial charge in [0.05, 0.1) is 22.4 Å². The number of aromatic nitrogens is 2. The lowest BCUT2D eigenvalue weighted by Crippen LogP contribution is -2.00. The first kappa shape index (κ1) is 14.6. The molecule has 0 N–H and O–H groups in total. The molecule has 0 unspecified atom stereocenters. The summed E-state index contributed by atoms with van der Waals surface area (Å²) in [6, 6.07) is 6.24. The Morgan fingerprint density at radius 3 is 1.83 bits per heavy atom. The summed E-state index contributed by atoms with van der Waals surface area (Å²) in [5.74, 6) is 0. The molecule has 0 aliphatic carbocycles. The van der Waals surface area contributed by atoms with Gasteiger partial charge in [0.1, 0.15) is 0 Å². The van der Waals surface area contributed by atoms with E-state index in [4.69, 9.17) is 0 Å². The second-order valence-electron chi connectivity index (χ2n) is 4.52. The standard InChI is InChI=1S/C13H16N2.C3H8/c1-4-10-11(5-2)15-13-8-9(3)6-7-12(13)14-10;1-3-2/h6-8H,4-5H2,1-3H3;3H2,1-2H3. The lowest BCUT2D eigenvalue weighted by Gasteiger charge is -2.06. The molecule has 0 aliphatic rings. The fraction of sp³-hybridized carbons (Fsp3) is 0.500. The summed E-state index contributed by atoms with van der Waals surface area (Å²) >= 11 is 0. The van der Waals surface area contributed by atoms with Gasteiger partial charge >= 0.3 is 0 Å². The molecule has 1 aromatic carbocycles. The van der Waals surface area contributed by atoms with Crippen molar-refractivity contribution in [3.63, 3.8) is 0 Å². The number of hydrogen-bond acceptors (Lipinski definition) is 2. The Bertz CT molecular complexity index is 504. The van der Waals surface area contributed by atoms with Gasteiger partial charge in [-0.3, -0.25) is 0 Å². The molecule has 98 valence electrons. The summed E-state index contributed by atoms with van der Waals surface area (Å²) in [4.78, 5) is 9.31. The molecular formula is C16H24N2. The molecule has 1 heterocycles. The average Bonchev–Trinajstić information content (AvgIpc) is 2.38. The van der Waals surface area contributed by atoms with Crippen molar-refractivity contribution < 1.29 is 0 Å². The molecule has 0 aliphatic heterocycles. The van der Waals surface area contributed by atoms with Gasteiger partial charge in [-0.15, -0.1) is 0 Å². The lowest BCUT2D eigenvalue weighted by molar-refractivity contribution is 0.930. The maximum atomic E-state index is 4.66. The fourth-order valence-corrected chi connectivity index (χ4v) is 1.80. The van der Waals surface area contributed by atoms with Crippen LogP contribution in [0.3, 0.4) is 0 Å². The summed E-state index contributed by atoms with van der Waals surface area (Å²) in [6.45, 7) is 10.6. The number of fused-ring (bicyclic) bond motifs is 1. The topological polar surface area (TPSA) is 25.8 Å². The van der Waals surface area contributed by atoms with Crippen LogP contribution < -0.4 is 0 Å². The van der Waals surface area contributed by atoms with Crippen LogP contribution in [0.25, 0.3) is 11.0 Å². The van der Waals surface area contributed by atoms with Gasteiger partial charge in [0.25, 0.3) is 0 Å². The van der Waals surface area contributed by atoms with E-state index in [9.17, 15) is 0 Å². The van der Waals surface area contributed by atoms with E-state index in [1.807, 2.05) is 0 Å². The maximum absolute atomic E-state index is 4.66. The van der Waals surface area contributed by atoms with Crippen LogP contribution in [0.1, 0.15) is 51.1 Å². The Balaban J connectivity index is 0.000000492. The molecule has 0 fully saturated rings. The predicted molar refractivity (Wildman–Crippen MR) is 79.0 cm³/mol. The third-order valence-electron chi connectivity index (χ3n) is 2.64. The maximum Gasteiger partial charge on any atom is 0.0893 e. The van der Waals surface area contributed by atoms with Crippen molar-refractivity contribution >= 4 is 11.0 Å². The molecule has 2 aromatic rings. The Hall–Kier alpha value is -1.44. The highest BCUT2D eigenvalue weighted by molar-refractivity contribution is 5.75. The van der Waals surface area contributed by atoms with Gasteiger partial charge in [-0.05, 0) is 37.5 Å². The molecule has 0 saturated carbocycles. The number of rotatable bonds is 2. The van der Waals surface area contributed by atoms with Crippen LogP contribution >= 0.6 is 0 Å². The molecule has 0 atom stereocenters. The Morgan fingerprint density at radius 2 is 1.33 bits per heavy atom. The lowest BCUT2D eigenvalue weighted by atomic mass is 10.1. The SMILES string of the molecule is CCC.CCc1nc2ccc(C)cc2nc1CC. The number of hydrogen-bond donors (Lipinski definition) is 0. The molecule has 0 amide bonds. The van der Waals surface area contributed by atoms with Crippen LogP contribution in [0.5, 0.6) is 0 Å². The largest absolute Gasteiger partial charge is 0.249 e. The van der Waals surface area contributed by atoms with Crippen LogP contribution in [0, 0.1) is 6.92 Å². The van der Waals surface area contributed by atoms with Gasteiger partial charge in [-0.25, -0.2) is 9.97 Å². The second-order valence-corrected chi connectivity index (χ2v) is 4.52. The quantitative estimate of drug-likeness (QED) is 0.778. The van der Waals surface area contributed by atoms with Crippen LogP contribution in [0.4, 0.5) is 0 Å². The summed E-state index contributed by atoms with van der Waals surface area (Å²) in [5.41, 5.74) is 5.53. The van der Waals surface area contributed by atoms with Crippen LogP contribution in [-0.2, 0) is 12.8 Å². The highest BCUT2D eigenvalue weighted by Gasteiger charge is 2.05. The van der Waals surface area contributed by atoms with Gasteiger partial charge in [0, 0.05) is 0 Å². The highest BCUT2D eigenvalue weighted by Crippen LogP contribution is 2.15. The van der Waals surface area contributed by atoms with Crippen molar-refractivity contribution in [1.82, 2.24) is 9.97 Å². The molecule has 2 rings (SSSR count). The number of nitrogens with zero attached hydrogens (tertiary/aromatic N) is 2. The zero-order valence-corrected chi connectivity index (χ0v) is 12.2. The molecule has 1 aromatic heterocycles. The zero-order chi connectivity index (χ0) is 13.5. The molecule has 0 radical (unpaired) electrons. The van der Waals surface area contributed by atoms with E-state index in [2.05, 4.69) is 62.8 Å². The second kappa shape index (κ2) is 7.10. The smallest absolute Gasteiger partial charge is 0.0893 e. The van der Waals surface area contributed by atoms with Gasteiger partial charge in [-0.1, -0.05) is 40.2 Å². The Kier molecular flexibility index (Phi) is 5.76. The van der Waals surface area contributed by atoms with Crippen molar-refractivity contribution in [2.24, 2.45) is 0 Å². The van der Waals surface area contributed by atoms with E-state index in [1.165, 1.54) is 12.0 Å². The van der Waals surface area contributed by atoms with Crippen molar-refractivity contribution in [3.05, 3.63) is 35.2 Å². The van der Waals surface area contributed by atoms with Crippen molar-refractivity contribution in [3.8, 4) is 0 Å². The fourth-order valence-electron chi connectivity index (χ4n) is 1.80. The third-order valence-corrected chi connectivity index (χ3v) is 2.64. The van der Waals surface area contributed by atoms with Crippen LogP contribution in [0.2, 0.25) is 0 Å². The summed E-state index contributed by atoms with van der Waals surface area (Å²) in [6.07, 6.45) is 3.17. The Morgan fingerprint density at radius 1 is 0.833 bits per heavy atom. The molecule has 2 heteroatoms. The zero-order valence-electron chi connectivity index (χ0n) is 12.2. The molecular weight excluding hydrogens is 220 g/mol. The van der Waals surface area contributed by atoms with Crippen molar-refractivity contribution in [2.75, 3.05) is 0 Å². The normalized spacial score (nSPS) is 10.1. The van der Waals surface area contributed by atoms with Crippen LogP contribution in [-0.4, -0.2) is 9.97 Å². The number of benzene rings is 1. The highest BCUT2D eigenvalue weighted by atomic mass is 14.8. The summed E-state index contributed by atoms with van der Waals surface area (Å²) < 4.78 is 0. The minimum absolute atomic E-state index is 0.958. The molecule has 18 heavy (non-hydrogen) atoms. The van der Waals surface area contributed by atoms with E-state index in [-0.39, 0.29) is 0 Å². The average molecular weight is 244 g/mol. The van der Waals surface area contributed by atoms with Crippen molar-refractivity contribution in [1.29, 1.82) is 0 Å². The van der Waals surface area contributed by atoms with E-state index in [1.54, 1.807) is 0 Å². The predicted octanol–water partition coefficient (Wildman–Crippen LogP) is 4.48. The van der Waals surface area contributed by atoms with Gasteiger partial charge in [0.15, 0.2) is 0 Å². The van der Waals surface area contributed by atoms with E-state index < -0.39 is 0 Å². The summed E-state index contributed by atoms with van der Waals surface area (Å²) in [5, 5.41) is 0. The molecule has 0 spiro atoms. The minimum Gasteiger partial charge on any atom is -0.249 e. The third kappa shape index (κ3) is 3.52. The molecule has 0 bridgehead atoms. The van der Waals surface area contributed by atoms with Crippen molar-refractivity contribution in [2.45, 2.75) is 53.9 Å². The molecule has 0 saturated heterocycles.